The van der Waals surface area contributed by atoms with Crippen molar-refractivity contribution in [2.24, 2.45) is 0 Å². The summed E-state index contributed by atoms with van der Waals surface area (Å²) in [6, 6.07) is 55.7. The van der Waals surface area contributed by atoms with Gasteiger partial charge in [0.1, 0.15) is 30.5 Å². The first-order chi connectivity index (χ1) is 27.7. The molecule has 6 aromatic rings. The molecule has 0 bridgehead atoms. The highest BCUT2D eigenvalue weighted by atomic mass is 16.6. The van der Waals surface area contributed by atoms with Gasteiger partial charge >= 0.3 is 0 Å². The second-order valence-corrected chi connectivity index (χ2v) is 14.4. The second-order valence-electron chi connectivity index (χ2n) is 14.4. The molecule has 0 aromatic heterocycles. The highest BCUT2D eigenvalue weighted by molar-refractivity contribution is 5.38. The number of hydrogen-bond donors (Lipinski definition) is 1. The Labute approximate surface area is 331 Å². The number of rotatable bonds is 18. The van der Waals surface area contributed by atoms with Crippen molar-refractivity contribution in [2.75, 3.05) is 6.61 Å². The molecule has 1 N–H and O–H groups in total. The predicted molar refractivity (Wildman–Crippen MR) is 220 cm³/mol. The van der Waals surface area contributed by atoms with Gasteiger partial charge in [-0.05, 0) is 62.9 Å². The van der Waals surface area contributed by atoms with Gasteiger partial charge in [-0.15, -0.1) is 0 Å². The molecule has 6 aromatic carbocycles. The normalized spacial score (nSPS) is 19.5. The first-order valence-electron chi connectivity index (χ1n) is 19.7. The van der Waals surface area contributed by atoms with Crippen LogP contribution >= 0.6 is 0 Å². The average Bonchev–Trinajstić information content (AvgIpc) is 3.26. The Balaban J connectivity index is 1.28. The maximum absolute atomic E-state index is 10.8. The third kappa shape index (κ3) is 10.7. The molecule has 288 valence electrons. The summed E-state index contributed by atoms with van der Waals surface area (Å²) in [4.78, 5) is 0. The summed E-state index contributed by atoms with van der Waals surface area (Å²) in [6.45, 7) is 3.77. The summed E-state index contributed by atoms with van der Waals surface area (Å²) >= 11 is 0. The second kappa shape index (κ2) is 20.3. The molecule has 0 saturated carbocycles. The monoisotopic (exact) mass is 748 g/mol. The molecule has 1 aliphatic rings. The van der Waals surface area contributed by atoms with Crippen LogP contribution in [0, 0.1) is 0 Å². The maximum Gasteiger partial charge on any atom is 0.117 e. The van der Waals surface area contributed by atoms with Crippen LogP contribution in [0.15, 0.2) is 164 Å². The summed E-state index contributed by atoms with van der Waals surface area (Å²) in [5, 5.41) is 10.8. The lowest BCUT2D eigenvalue weighted by Crippen LogP contribution is -2.58. The van der Waals surface area contributed by atoms with Crippen LogP contribution < -0.4 is 0 Å². The van der Waals surface area contributed by atoms with Crippen molar-refractivity contribution in [3.63, 3.8) is 0 Å². The Kier molecular flexibility index (Phi) is 14.3. The lowest BCUT2D eigenvalue weighted by atomic mass is 9.87. The van der Waals surface area contributed by atoms with Crippen LogP contribution in [0.4, 0.5) is 0 Å². The first kappa shape index (κ1) is 39.3. The Morgan fingerprint density at radius 3 is 1.46 bits per heavy atom. The zero-order valence-corrected chi connectivity index (χ0v) is 32.1. The number of benzene rings is 6. The number of aryl methyl sites for hydroxylation is 1. The van der Waals surface area contributed by atoms with Gasteiger partial charge in [0.2, 0.25) is 0 Å². The number of ether oxygens (including phenoxy) is 5. The fourth-order valence-electron chi connectivity index (χ4n) is 7.33. The van der Waals surface area contributed by atoms with Gasteiger partial charge in [0, 0.05) is 0 Å². The van der Waals surface area contributed by atoms with Crippen molar-refractivity contribution in [1.29, 1.82) is 0 Å². The van der Waals surface area contributed by atoms with Crippen LogP contribution in [-0.2, 0) is 69.6 Å². The van der Waals surface area contributed by atoms with Crippen molar-refractivity contribution in [3.8, 4) is 0 Å². The molecule has 0 unspecified atom stereocenters. The molecule has 0 radical (unpaired) electrons. The largest absolute Gasteiger partial charge is 0.392 e. The predicted octanol–water partition coefficient (Wildman–Crippen LogP) is 9.74. The summed E-state index contributed by atoms with van der Waals surface area (Å²) in [5.41, 5.74) is 9.50. The van der Waals surface area contributed by atoms with E-state index in [0.29, 0.717) is 26.4 Å². The van der Waals surface area contributed by atoms with Gasteiger partial charge in [0.25, 0.3) is 0 Å². The number of hydrogen-bond acceptors (Lipinski definition) is 6. The van der Waals surface area contributed by atoms with Crippen molar-refractivity contribution >= 4 is 0 Å². The topological polar surface area (TPSA) is 66.4 Å². The van der Waals surface area contributed by atoms with Crippen molar-refractivity contribution in [3.05, 3.63) is 214 Å². The maximum atomic E-state index is 10.8. The third-order valence-corrected chi connectivity index (χ3v) is 10.4. The molecule has 1 saturated heterocycles. The zero-order valence-electron chi connectivity index (χ0n) is 32.1. The van der Waals surface area contributed by atoms with E-state index in [4.69, 9.17) is 23.7 Å². The molecule has 0 amide bonds. The SMILES string of the molecule is CCc1ccc(Cc2ccc(CO)c([C@@H]3O[C@H](COCc4ccccc4)[C@@H](OCc4ccccc4)[C@H](OCc4ccccc4)[C@@H]3OCc3ccccc3)c2)cc1. The van der Waals surface area contributed by atoms with Crippen molar-refractivity contribution in [2.45, 2.75) is 83.3 Å². The van der Waals surface area contributed by atoms with E-state index in [1.807, 2.05) is 78.9 Å². The van der Waals surface area contributed by atoms with Crippen LogP contribution in [0.5, 0.6) is 0 Å². The molecular formula is C50H52O6. The van der Waals surface area contributed by atoms with E-state index in [1.54, 1.807) is 0 Å². The summed E-state index contributed by atoms with van der Waals surface area (Å²) in [7, 11) is 0. The van der Waals surface area contributed by atoms with Crippen LogP contribution in [0.3, 0.4) is 0 Å². The fraction of sp³-hybridized carbons (Fsp3) is 0.280. The molecule has 6 nitrogen and oxygen atoms in total. The standard InChI is InChI=1S/C50H52O6/c1-2-37-23-25-38(26-24-37)29-43-27-28-44(31-51)45(30-43)47-49(54-34-41-19-11-5-12-20-41)50(55-35-42-21-13-6-14-22-42)48(53-33-40-17-9-4-10-18-40)46(56-47)36-52-32-39-15-7-3-8-16-39/h3-28,30,46-51H,2,29,31-36H2,1H3/t46-,47+,48-,49-,50+/m1/s1. The van der Waals surface area contributed by atoms with Crippen LogP contribution in [0.2, 0.25) is 0 Å². The Morgan fingerprint density at radius 1 is 0.482 bits per heavy atom. The zero-order chi connectivity index (χ0) is 38.4. The van der Waals surface area contributed by atoms with E-state index in [0.717, 1.165) is 51.8 Å². The molecule has 1 heterocycles. The molecule has 1 aliphatic heterocycles. The fourth-order valence-corrected chi connectivity index (χ4v) is 7.33. The molecule has 5 atom stereocenters. The first-order valence-corrected chi connectivity index (χ1v) is 19.7. The Bertz CT molecular complexity index is 2020. The van der Waals surface area contributed by atoms with Gasteiger partial charge in [0.05, 0.1) is 39.6 Å². The van der Waals surface area contributed by atoms with Crippen LogP contribution in [0.1, 0.15) is 63.1 Å². The molecule has 1 fully saturated rings. The minimum atomic E-state index is -0.606. The average molecular weight is 749 g/mol. The van der Waals surface area contributed by atoms with E-state index >= 15 is 0 Å². The number of aliphatic hydroxyl groups excluding tert-OH is 1. The van der Waals surface area contributed by atoms with E-state index in [-0.39, 0.29) is 13.2 Å². The Hall–Kier alpha value is -4.92. The van der Waals surface area contributed by atoms with Gasteiger partial charge in [-0.2, -0.15) is 0 Å². The lowest BCUT2D eigenvalue weighted by molar-refractivity contribution is -0.275. The highest BCUT2D eigenvalue weighted by Gasteiger charge is 2.49. The highest BCUT2D eigenvalue weighted by Crippen LogP contribution is 2.40. The summed E-state index contributed by atoms with van der Waals surface area (Å²) in [6.07, 6.45) is -1.11. The lowest BCUT2D eigenvalue weighted by Gasteiger charge is -2.47. The summed E-state index contributed by atoms with van der Waals surface area (Å²) < 4.78 is 34.5. The minimum absolute atomic E-state index is 0.148. The van der Waals surface area contributed by atoms with Crippen molar-refractivity contribution < 1.29 is 28.8 Å². The molecule has 6 heteroatoms. The molecule has 56 heavy (non-hydrogen) atoms. The molecule has 7 rings (SSSR count). The van der Waals surface area contributed by atoms with E-state index in [1.165, 1.54) is 11.1 Å². The number of aliphatic hydroxyl groups is 1. The van der Waals surface area contributed by atoms with Crippen LogP contribution in [0.25, 0.3) is 0 Å². The van der Waals surface area contributed by atoms with E-state index in [2.05, 4.69) is 91.9 Å². The summed E-state index contributed by atoms with van der Waals surface area (Å²) in [5.74, 6) is 0. The van der Waals surface area contributed by atoms with E-state index < -0.39 is 30.5 Å². The molecular weight excluding hydrogens is 697 g/mol. The van der Waals surface area contributed by atoms with Gasteiger partial charge in [-0.25, -0.2) is 0 Å². The van der Waals surface area contributed by atoms with E-state index in [9.17, 15) is 5.11 Å². The van der Waals surface area contributed by atoms with Crippen LogP contribution in [-0.4, -0.2) is 36.1 Å². The molecule has 0 aliphatic carbocycles. The quantitative estimate of drug-likeness (QED) is 0.0945. The van der Waals surface area contributed by atoms with Gasteiger partial charge < -0.3 is 28.8 Å². The van der Waals surface area contributed by atoms with Gasteiger partial charge in [0.15, 0.2) is 0 Å². The third-order valence-electron chi connectivity index (χ3n) is 10.4. The van der Waals surface area contributed by atoms with Gasteiger partial charge in [-0.1, -0.05) is 171 Å². The minimum Gasteiger partial charge on any atom is -0.392 e. The molecule has 0 spiro atoms. The smallest absolute Gasteiger partial charge is 0.117 e. The van der Waals surface area contributed by atoms with Gasteiger partial charge in [-0.3, -0.25) is 0 Å². The van der Waals surface area contributed by atoms with Crippen molar-refractivity contribution in [1.82, 2.24) is 0 Å². The Morgan fingerprint density at radius 2 is 0.946 bits per heavy atom.